The number of hydrogen-bond donors (Lipinski definition) is 1. The lowest BCUT2D eigenvalue weighted by Crippen LogP contribution is -2.42. The van der Waals surface area contributed by atoms with Crippen LogP contribution in [0.1, 0.15) is 34.2 Å². The monoisotopic (exact) mass is 381 g/mol. The fourth-order valence-corrected chi connectivity index (χ4v) is 3.98. The number of aromatic nitrogens is 1. The van der Waals surface area contributed by atoms with Crippen molar-refractivity contribution in [2.45, 2.75) is 45.9 Å². The maximum atomic E-state index is 12.7. The molecule has 0 bridgehead atoms. The van der Waals surface area contributed by atoms with Gasteiger partial charge >= 0.3 is 6.03 Å². The second kappa shape index (κ2) is 8.19. The normalized spacial score (nSPS) is 18.6. The van der Waals surface area contributed by atoms with Crippen LogP contribution in [0.4, 0.5) is 4.79 Å². The first kappa shape index (κ1) is 18.7. The maximum Gasteiger partial charge on any atom is 0.317 e. The number of ether oxygens (including phenoxy) is 2. The summed E-state index contributed by atoms with van der Waals surface area (Å²) in [5.74, 6) is 0.583. The number of fused-ring (bicyclic) bond motifs is 1. The largest absolute Gasteiger partial charge is 0.472 e. The molecule has 148 valence electrons. The lowest BCUT2D eigenvalue weighted by atomic mass is 9.93. The first-order valence-corrected chi connectivity index (χ1v) is 9.89. The van der Waals surface area contributed by atoms with Gasteiger partial charge in [-0.3, -0.25) is 0 Å². The van der Waals surface area contributed by atoms with Crippen molar-refractivity contribution in [2.24, 2.45) is 0 Å². The van der Waals surface area contributed by atoms with Gasteiger partial charge in [-0.15, -0.1) is 0 Å². The highest BCUT2D eigenvalue weighted by molar-refractivity contribution is 5.74. The molecule has 4 rings (SSSR count). The number of carbonyl (C=O) groups is 1. The van der Waals surface area contributed by atoms with E-state index in [1.165, 1.54) is 22.3 Å². The second-order valence-corrected chi connectivity index (χ2v) is 7.66. The summed E-state index contributed by atoms with van der Waals surface area (Å²) in [5.41, 5.74) is 6.20. The summed E-state index contributed by atoms with van der Waals surface area (Å²) >= 11 is 0. The third-order valence-electron chi connectivity index (χ3n) is 5.41. The third kappa shape index (κ3) is 4.28. The Bertz CT molecular complexity index is 862. The van der Waals surface area contributed by atoms with E-state index in [1.54, 1.807) is 6.20 Å². The Kier molecular flexibility index (Phi) is 5.48. The van der Waals surface area contributed by atoms with Gasteiger partial charge in [-0.25, -0.2) is 9.78 Å². The van der Waals surface area contributed by atoms with Crippen LogP contribution < -0.4 is 10.1 Å². The summed E-state index contributed by atoms with van der Waals surface area (Å²) in [6, 6.07) is 8.16. The Hall–Kier alpha value is -2.60. The van der Waals surface area contributed by atoms with Crippen molar-refractivity contribution >= 4 is 6.03 Å². The van der Waals surface area contributed by atoms with Crippen LogP contribution in [0.3, 0.4) is 0 Å². The molecule has 1 N–H and O–H groups in total. The molecule has 2 aromatic rings. The van der Waals surface area contributed by atoms with Crippen LogP contribution in [0.5, 0.6) is 5.88 Å². The number of nitrogens with one attached hydrogen (secondary N) is 1. The molecule has 2 amide bonds. The number of pyridine rings is 1. The highest BCUT2D eigenvalue weighted by Gasteiger charge is 2.22. The Morgan fingerprint density at radius 3 is 3.07 bits per heavy atom. The average molecular weight is 381 g/mol. The highest BCUT2D eigenvalue weighted by Crippen LogP contribution is 2.24. The number of benzene rings is 1. The van der Waals surface area contributed by atoms with E-state index in [-0.39, 0.29) is 12.1 Å². The average Bonchev–Trinajstić information content (AvgIpc) is 3.19. The first-order chi connectivity index (χ1) is 13.6. The number of urea groups is 1. The number of nitrogens with zero attached hydrogens (tertiary/aromatic N) is 2. The van der Waals surface area contributed by atoms with Crippen LogP contribution in [-0.4, -0.2) is 41.8 Å². The van der Waals surface area contributed by atoms with Crippen LogP contribution in [0.15, 0.2) is 30.5 Å². The minimum atomic E-state index is -0.0340. The molecule has 1 fully saturated rings. The molecule has 0 aliphatic carbocycles. The number of rotatable bonds is 4. The number of carbonyl (C=O) groups excluding carboxylic acids is 1. The SMILES string of the molecule is Cc1cc(C)c2c(c1)CN(C(=O)NCc1ccnc(OC3CCOC3)c1)CC2. The fourth-order valence-electron chi connectivity index (χ4n) is 3.98. The Labute approximate surface area is 165 Å². The van der Waals surface area contributed by atoms with Crippen molar-refractivity contribution in [1.29, 1.82) is 0 Å². The molecule has 1 aromatic heterocycles. The van der Waals surface area contributed by atoms with Crippen molar-refractivity contribution in [3.63, 3.8) is 0 Å². The van der Waals surface area contributed by atoms with Crippen LogP contribution >= 0.6 is 0 Å². The second-order valence-electron chi connectivity index (χ2n) is 7.66. The molecule has 6 nitrogen and oxygen atoms in total. The van der Waals surface area contributed by atoms with Gasteiger partial charge in [0.15, 0.2) is 0 Å². The minimum Gasteiger partial charge on any atom is -0.472 e. The van der Waals surface area contributed by atoms with Crippen LogP contribution in [0, 0.1) is 13.8 Å². The van der Waals surface area contributed by atoms with Gasteiger partial charge in [-0.1, -0.05) is 17.7 Å². The Morgan fingerprint density at radius 2 is 2.25 bits per heavy atom. The molecule has 0 radical (unpaired) electrons. The molecule has 0 spiro atoms. The van der Waals surface area contributed by atoms with E-state index in [0.717, 1.165) is 31.6 Å². The smallest absolute Gasteiger partial charge is 0.317 e. The molecule has 2 aliphatic heterocycles. The number of aryl methyl sites for hydroxylation is 2. The Balaban J connectivity index is 1.34. The lowest BCUT2D eigenvalue weighted by Gasteiger charge is -2.30. The van der Waals surface area contributed by atoms with Gasteiger partial charge in [-0.05, 0) is 48.6 Å². The van der Waals surface area contributed by atoms with Crippen LogP contribution in [-0.2, 0) is 24.2 Å². The standard InChI is InChI=1S/C22H27N3O3/c1-15-9-16(2)20-4-7-25(13-18(20)10-15)22(26)24-12-17-3-6-23-21(11-17)28-19-5-8-27-14-19/h3,6,9-11,19H,4-5,7-8,12-14H2,1-2H3,(H,24,26). The lowest BCUT2D eigenvalue weighted by molar-refractivity contribution is 0.138. The molecular formula is C22H27N3O3. The van der Waals surface area contributed by atoms with Gasteiger partial charge in [-0.2, -0.15) is 0 Å². The van der Waals surface area contributed by atoms with E-state index >= 15 is 0 Å². The molecule has 2 aliphatic rings. The van der Waals surface area contributed by atoms with E-state index in [9.17, 15) is 4.79 Å². The first-order valence-electron chi connectivity index (χ1n) is 9.89. The van der Waals surface area contributed by atoms with Crippen molar-refractivity contribution in [1.82, 2.24) is 15.2 Å². The van der Waals surface area contributed by atoms with Gasteiger partial charge in [0.25, 0.3) is 0 Å². The molecule has 28 heavy (non-hydrogen) atoms. The quantitative estimate of drug-likeness (QED) is 0.884. The number of hydrogen-bond acceptors (Lipinski definition) is 4. The number of amides is 2. The van der Waals surface area contributed by atoms with Crippen molar-refractivity contribution in [3.05, 3.63) is 58.3 Å². The zero-order valence-electron chi connectivity index (χ0n) is 16.5. The fraction of sp³-hybridized carbons (Fsp3) is 0.455. The molecule has 1 atom stereocenters. The van der Waals surface area contributed by atoms with E-state index in [0.29, 0.717) is 25.6 Å². The van der Waals surface area contributed by atoms with Crippen molar-refractivity contribution < 1.29 is 14.3 Å². The molecule has 1 unspecified atom stereocenters. The van der Waals surface area contributed by atoms with Crippen molar-refractivity contribution in [3.8, 4) is 5.88 Å². The van der Waals surface area contributed by atoms with E-state index in [4.69, 9.17) is 9.47 Å². The summed E-state index contributed by atoms with van der Waals surface area (Å²) in [7, 11) is 0. The van der Waals surface area contributed by atoms with E-state index in [1.807, 2.05) is 17.0 Å². The van der Waals surface area contributed by atoms with Gasteiger partial charge in [0, 0.05) is 38.3 Å². The van der Waals surface area contributed by atoms with Crippen LogP contribution in [0.2, 0.25) is 0 Å². The molecule has 6 heteroatoms. The van der Waals surface area contributed by atoms with E-state index < -0.39 is 0 Å². The Morgan fingerprint density at radius 1 is 1.36 bits per heavy atom. The predicted octanol–water partition coefficient (Wildman–Crippen LogP) is 3.13. The third-order valence-corrected chi connectivity index (χ3v) is 5.41. The zero-order valence-corrected chi connectivity index (χ0v) is 16.5. The predicted molar refractivity (Wildman–Crippen MR) is 106 cm³/mol. The molecular weight excluding hydrogens is 354 g/mol. The zero-order chi connectivity index (χ0) is 19.5. The van der Waals surface area contributed by atoms with Crippen LogP contribution in [0.25, 0.3) is 0 Å². The topological polar surface area (TPSA) is 63.7 Å². The molecule has 0 saturated carbocycles. The molecule has 1 aromatic carbocycles. The summed E-state index contributed by atoms with van der Waals surface area (Å²) in [5, 5.41) is 3.03. The minimum absolute atomic E-state index is 0.0340. The highest BCUT2D eigenvalue weighted by atomic mass is 16.5. The summed E-state index contributed by atoms with van der Waals surface area (Å²) in [4.78, 5) is 18.8. The summed E-state index contributed by atoms with van der Waals surface area (Å²) < 4.78 is 11.2. The van der Waals surface area contributed by atoms with Crippen molar-refractivity contribution in [2.75, 3.05) is 19.8 Å². The maximum absolute atomic E-state index is 12.7. The van der Waals surface area contributed by atoms with Gasteiger partial charge in [0.2, 0.25) is 5.88 Å². The molecule has 1 saturated heterocycles. The van der Waals surface area contributed by atoms with E-state index in [2.05, 4.69) is 36.3 Å². The summed E-state index contributed by atoms with van der Waals surface area (Å²) in [6.45, 7) is 7.46. The summed E-state index contributed by atoms with van der Waals surface area (Å²) in [6.07, 6.45) is 3.58. The van der Waals surface area contributed by atoms with Gasteiger partial charge in [0.1, 0.15) is 6.10 Å². The van der Waals surface area contributed by atoms with Gasteiger partial charge < -0.3 is 19.7 Å². The van der Waals surface area contributed by atoms with Gasteiger partial charge in [0.05, 0.1) is 13.2 Å². The molecule has 3 heterocycles.